The number of ether oxygens (including phenoxy) is 3. The highest BCUT2D eigenvalue weighted by atomic mass is 16.5. The molecule has 0 bridgehead atoms. The summed E-state index contributed by atoms with van der Waals surface area (Å²) in [6.45, 7) is 10.0. The molecule has 2 aromatic rings. The van der Waals surface area contributed by atoms with Gasteiger partial charge in [0.25, 0.3) is 0 Å². The molecule has 0 N–H and O–H groups in total. The molecule has 0 aliphatic heterocycles. The van der Waals surface area contributed by atoms with Gasteiger partial charge >= 0.3 is 0 Å². The molecule has 0 aliphatic carbocycles. The van der Waals surface area contributed by atoms with Crippen LogP contribution in [0.25, 0.3) is 0 Å². The summed E-state index contributed by atoms with van der Waals surface area (Å²) < 4.78 is 16.5. The van der Waals surface area contributed by atoms with Gasteiger partial charge in [-0.1, -0.05) is 74.0 Å². The van der Waals surface area contributed by atoms with E-state index in [-0.39, 0.29) is 6.10 Å². The third kappa shape index (κ3) is 11.6. The Balaban J connectivity index is 0.000000271. The van der Waals surface area contributed by atoms with Crippen LogP contribution in [0.15, 0.2) is 60.7 Å². The number of hydrogen-bond acceptors (Lipinski definition) is 3. The molecule has 0 spiro atoms. The average molecular weight is 373 g/mol. The molecular formula is C24H36O3. The Bertz CT molecular complexity index is 542. The van der Waals surface area contributed by atoms with Crippen molar-refractivity contribution in [2.45, 2.75) is 46.1 Å². The van der Waals surface area contributed by atoms with E-state index in [1.807, 2.05) is 38.1 Å². The van der Waals surface area contributed by atoms with Gasteiger partial charge in [0.05, 0.1) is 13.2 Å². The Hall–Kier alpha value is -1.68. The van der Waals surface area contributed by atoms with Crippen molar-refractivity contribution in [1.82, 2.24) is 0 Å². The van der Waals surface area contributed by atoms with Crippen LogP contribution in [0, 0.1) is 0 Å². The highest BCUT2D eigenvalue weighted by Gasteiger charge is 2.10. The Labute approximate surface area is 165 Å². The summed E-state index contributed by atoms with van der Waals surface area (Å²) in [7, 11) is 0. The third-order valence-corrected chi connectivity index (χ3v) is 4.03. The van der Waals surface area contributed by atoms with Crippen LogP contribution < -0.4 is 0 Å². The molecule has 27 heavy (non-hydrogen) atoms. The van der Waals surface area contributed by atoms with Gasteiger partial charge in [-0.3, -0.25) is 0 Å². The van der Waals surface area contributed by atoms with E-state index in [9.17, 15) is 0 Å². The third-order valence-electron chi connectivity index (χ3n) is 4.03. The highest BCUT2D eigenvalue weighted by molar-refractivity contribution is 5.17. The van der Waals surface area contributed by atoms with Crippen LogP contribution >= 0.6 is 0 Å². The summed E-state index contributed by atoms with van der Waals surface area (Å²) in [5, 5.41) is 0. The molecule has 1 unspecified atom stereocenters. The maximum absolute atomic E-state index is 5.61. The maximum atomic E-state index is 5.61. The maximum Gasteiger partial charge on any atom is 0.106 e. The minimum absolute atomic E-state index is 0.0705. The van der Waals surface area contributed by atoms with Crippen LogP contribution in [0.2, 0.25) is 0 Å². The number of benzene rings is 2. The number of unbranched alkanes of at least 4 members (excludes halogenated alkanes) is 1. The van der Waals surface area contributed by atoms with Crippen LogP contribution in [0.1, 0.15) is 50.8 Å². The zero-order valence-corrected chi connectivity index (χ0v) is 17.2. The summed E-state index contributed by atoms with van der Waals surface area (Å²) in [5.41, 5.74) is 2.54. The van der Waals surface area contributed by atoms with Crippen molar-refractivity contribution in [3.05, 3.63) is 71.8 Å². The average Bonchev–Trinajstić information content (AvgIpc) is 2.73. The second-order valence-corrected chi connectivity index (χ2v) is 6.22. The first-order valence-corrected chi connectivity index (χ1v) is 10.2. The number of rotatable bonds is 12. The minimum atomic E-state index is 0.0705. The lowest BCUT2D eigenvalue weighted by Gasteiger charge is -2.16. The lowest BCUT2D eigenvalue weighted by Crippen LogP contribution is -2.11. The first kappa shape index (κ1) is 23.4. The van der Waals surface area contributed by atoms with E-state index < -0.39 is 0 Å². The molecule has 0 radical (unpaired) electrons. The van der Waals surface area contributed by atoms with Crippen molar-refractivity contribution in [1.29, 1.82) is 0 Å². The van der Waals surface area contributed by atoms with Gasteiger partial charge in [-0.2, -0.15) is 0 Å². The molecule has 0 heterocycles. The molecule has 0 saturated carbocycles. The molecule has 0 aliphatic rings. The summed E-state index contributed by atoms with van der Waals surface area (Å²) in [4.78, 5) is 0. The van der Waals surface area contributed by atoms with Crippen LogP contribution in [0.4, 0.5) is 0 Å². The lowest BCUT2D eigenvalue weighted by atomic mass is 10.1. The molecule has 0 aromatic heterocycles. The summed E-state index contributed by atoms with van der Waals surface area (Å²) in [6.07, 6.45) is 3.49. The molecule has 0 saturated heterocycles. The van der Waals surface area contributed by atoms with Gasteiger partial charge in [0.2, 0.25) is 0 Å². The summed E-state index contributed by atoms with van der Waals surface area (Å²) in [6, 6.07) is 20.7. The van der Waals surface area contributed by atoms with Crippen LogP contribution in [0.3, 0.4) is 0 Å². The molecule has 3 heteroatoms. The minimum Gasteiger partial charge on any atom is -0.381 e. The van der Waals surface area contributed by atoms with Crippen molar-refractivity contribution in [2.24, 2.45) is 0 Å². The standard InChI is InChI=1S/C12H18O2.C12H18O/c1-3-13-10-12(14-4-2)11-8-6-5-7-9-11;1-2-3-10-13-11-9-12-7-5-4-6-8-12/h5-9,12H,3-4,10H2,1-2H3;4-8H,2-3,9-11H2,1H3. The molecule has 0 amide bonds. The summed E-state index contributed by atoms with van der Waals surface area (Å²) in [5.74, 6) is 0. The van der Waals surface area contributed by atoms with Crippen molar-refractivity contribution >= 4 is 0 Å². The second-order valence-electron chi connectivity index (χ2n) is 6.22. The first-order chi connectivity index (χ1) is 13.3. The molecule has 2 rings (SSSR count). The van der Waals surface area contributed by atoms with Crippen molar-refractivity contribution < 1.29 is 14.2 Å². The van der Waals surface area contributed by atoms with Crippen molar-refractivity contribution in [3.8, 4) is 0 Å². The van der Waals surface area contributed by atoms with E-state index in [1.54, 1.807) is 0 Å². The van der Waals surface area contributed by atoms with Gasteiger partial charge in [-0.05, 0) is 37.8 Å². The monoisotopic (exact) mass is 372 g/mol. The van der Waals surface area contributed by atoms with Crippen LogP contribution in [0.5, 0.6) is 0 Å². The van der Waals surface area contributed by atoms with E-state index in [1.165, 1.54) is 24.0 Å². The predicted molar refractivity (Wildman–Crippen MR) is 113 cm³/mol. The molecule has 0 fully saturated rings. The van der Waals surface area contributed by atoms with E-state index in [2.05, 4.69) is 43.3 Å². The predicted octanol–water partition coefficient (Wildman–Crippen LogP) is 5.85. The Morgan fingerprint density at radius 1 is 0.741 bits per heavy atom. The van der Waals surface area contributed by atoms with Gasteiger partial charge in [-0.25, -0.2) is 0 Å². The SMILES string of the molecule is CCCCOCCc1ccccc1.CCOCC(OCC)c1ccccc1. The molecule has 3 nitrogen and oxygen atoms in total. The fraction of sp³-hybridized carbons (Fsp3) is 0.500. The van der Waals surface area contributed by atoms with E-state index in [0.29, 0.717) is 13.2 Å². The normalized spacial score (nSPS) is 11.5. The Morgan fingerprint density at radius 2 is 1.41 bits per heavy atom. The quantitative estimate of drug-likeness (QED) is 0.438. The Morgan fingerprint density at radius 3 is 2.00 bits per heavy atom. The first-order valence-electron chi connectivity index (χ1n) is 10.2. The zero-order chi connectivity index (χ0) is 19.6. The molecule has 2 aromatic carbocycles. The Kier molecular flexibility index (Phi) is 14.3. The molecule has 150 valence electrons. The molecular weight excluding hydrogens is 336 g/mol. The van der Waals surface area contributed by atoms with Gasteiger partial charge in [0, 0.05) is 19.8 Å². The fourth-order valence-corrected chi connectivity index (χ4v) is 2.52. The van der Waals surface area contributed by atoms with Gasteiger partial charge in [0.1, 0.15) is 6.10 Å². The van der Waals surface area contributed by atoms with Gasteiger partial charge in [0.15, 0.2) is 0 Å². The van der Waals surface area contributed by atoms with E-state index in [0.717, 1.165) is 26.2 Å². The highest BCUT2D eigenvalue weighted by Crippen LogP contribution is 2.17. The largest absolute Gasteiger partial charge is 0.381 e. The van der Waals surface area contributed by atoms with Crippen LogP contribution in [-0.2, 0) is 20.6 Å². The number of hydrogen-bond donors (Lipinski definition) is 0. The van der Waals surface area contributed by atoms with Gasteiger partial charge < -0.3 is 14.2 Å². The zero-order valence-electron chi connectivity index (χ0n) is 17.2. The fourth-order valence-electron chi connectivity index (χ4n) is 2.52. The second kappa shape index (κ2) is 16.5. The van der Waals surface area contributed by atoms with Gasteiger partial charge in [-0.15, -0.1) is 0 Å². The van der Waals surface area contributed by atoms with Crippen LogP contribution in [-0.4, -0.2) is 33.0 Å². The molecule has 1 atom stereocenters. The van der Waals surface area contributed by atoms with E-state index >= 15 is 0 Å². The topological polar surface area (TPSA) is 27.7 Å². The lowest BCUT2D eigenvalue weighted by molar-refractivity contribution is -0.00974. The van der Waals surface area contributed by atoms with Crippen molar-refractivity contribution in [2.75, 3.05) is 33.0 Å². The van der Waals surface area contributed by atoms with Crippen molar-refractivity contribution in [3.63, 3.8) is 0 Å². The van der Waals surface area contributed by atoms with E-state index in [4.69, 9.17) is 14.2 Å². The summed E-state index contributed by atoms with van der Waals surface area (Å²) >= 11 is 0. The smallest absolute Gasteiger partial charge is 0.106 e.